The van der Waals surface area contributed by atoms with Crippen LogP contribution in [0.1, 0.15) is 13.8 Å². The van der Waals surface area contributed by atoms with Crippen LogP contribution in [0.4, 0.5) is 48.3 Å². The van der Waals surface area contributed by atoms with Crippen molar-refractivity contribution in [3.63, 3.8) is 0 Å². The van der Waals surface area contributed by atoms with Crippen LogP contribution < -0.4 is 0 Å². The first-order chi connectivity index (χ1) is 12.4. The minimum atomic E-state index is -5.92. The van der Waals surface area contributed by atoms with Crippen LogP contribution in [0.5, 0.6) is 0 Å². The van der Waals surface area contributed by atoms with Gasteiger partial charge in [0.2, 0.25) is 0 Å². The normalized spacial score (nSPS) is 25.6. The van der Waals surface area contributed by atoms with E-state index in [-0.39, 0.29) is 6.54 Å². The smallest absolute Gasteiger partial charge is 0.369 e. The molecule has 4 atom stereocenters. The largest absolute Gasteiger partial charge is 0.425 e. The summed E-state index contributed by atoms with van der Waals surface area (Å²) in [7, 11) is 0. The van der Waals surface area contributed by atoms with Gasteiger partial charge in [0.05, 0.1) is 12.1 Å². The van der Waals surface area contributed by atoms with E-state index in [2.05, 4.69) is 9.47 Å². The molecule has 4 unspecified atom stereocenters. The van der Waals surface area contributed by atoms with E-state index < -0.39 is 68.4 Å². The Morgan fingerprint density at radius 2 is 1.43 bits per heavy atom. The zero-order valence-corrected chi connectivity index (χ0v) is 14.6. The molecule has 0 amide bonds. The lowest BCUT2D eigenvalue weighted by atomic mass is 10.1. The van der Waals surface area contributed by atoms with Gasteiger partial charge in [0, 0.05) is 13.1 Å². The first-order valence-electron chi connectivity index (χ1n) is 7.88. The number of nitrogens with zero attached hydrogens (tertiary/aromatic N) is 1. The monoisotopic (exact) mass is 441 g/mol. The summed E-state index contributed by atoms with van der Waals surface area (Å²) in [6.45, 7) is -3.38. The Hall–Kier alpha value is -0.890. The van der Waals surface area contributed by atoms with E-state index in [1.807, 2.05) is 0 Å². The number of halogens is 11. The molecule has 3 nitrogen and oxygen atoms in total. The summed E-state index contributed by atoms with van der Waals surface area (Å²) in [5, 5.41) is 0. The second-order valence-electron chi connectivity index (χ2n) is 6.53. The summed E-state index contributed by atoms with van der Waals surface area (Å²) in [6.07, 6.45) is -18.8. The molecule has 0 aliphatic carbocycles. The van der Waals surface area contributed by atoms with Gasteiger partial charge in [-0.15, -0.1) is 0 Å². The van der Waals surface area contributed by atoms with Crippen molar-refractivity contribution < 1.29 is 57.8 Å². The van der Waals surface area contributed by atoms with Crippen LogP contribution in [0.2, 0.25) is 0 Å². The fraction of sp³-hybridized carbons (Fsp3) is 1.00. The Kier molecular flexibility index (Phi) is 7.60. The highest BCUT2D eigenvalue weighted by Crippen LogP contribution is 2.36. The first-order valence-corrected chi connectivity index (χ1v) is 7.88. The highest BCUT2D eigenvalue weighted by atomic mass is 19.4. The topological polar surface area (TPSA) is 21.7 Å². The highest BCUT2D eigenvalue weighted by molar-refractivity contribution is 4.90. The minimum absolute atomic E-state index is 0.333. The van der Waals surface area contributed by atoms with E-state index in [1.165, 1.54) is 6.92 Å². The van der Waals surface area contributed by atoms with Gasteiger partial charge in [0.15, 0.2) is 6.10 Å². The van der Waals surface area contributed by atoms with Gasteiger partial charge in [0.1, 0.15) is 13.2 Å². The average molecular weight is 441 g/mol. The Morgan fingerprint density at radius 1 is 0.929 bits per heavy atom. The standard InChI is InChI=1S/C14H18F11NO2/c1-7-3-26(4-9(28-7)13(20,21)22)8(2)11(16,17)5-27-6-12(18,19)10(15)14(23,24)25/h7-10H,3-6H2,1-2H3. The van der Waals surface area contributed by atoms with Crippen molar-refractivity contribution in [1.82, 2.24) is 4.90 Å². The zero-order chi connectivity index (χ0) is 22.1. The van der Waals surface area contributed by atoms with Gasteiger partial charge in [-0.05, 0) is 13.8 Å². The van der Waals surface area contributed by atoms with Crippen LogP contribution in [0.3, 0.4) is 0 Å². The third-order valence-corrected chi connectivity index (χ3v) is 4.06. The van der Waals surface area contributed by atoms with E-state index in [0.29, 0.717) is 4.90 Å². The van der Waals surface area contributed by atoms with E-state index in [0.717, 1.165) is 6.92 Å². The Bertz CT molecular complexity index is 508. The van der Waals surface area contributed by atoms with E-state index in [9.17, 15) is 48.3 Å². The molecule has 1 fully saturated rings. The quantitative estimate of drug-likeness (QED) is 0.553. The van der Waals surface area contributed by atoms with Gasteiger partial charge in [-0.1, -0.05) is 0 Å². The maximum atomic E-state index is 14.1. The molecule has 0 spiro atoms. The summed E-state index contributed by atoms with van der Waals surface area (Å²) in [4.78, 5) is 0.710. The number of hydrogen-bond donors (Lipinski definition) is 0. The summed E-state index contributed by atoms with van der Waals surface area (Å²) in [5.41, 5.74) is 0. The van der Waals surface area contributed by atoms with Gasteiger partial charge in [-0.3, -0.25) is 4.90 Å². The predicted octanol–water partition coefficient (Wildman–Crippen LogP) is 4.21. The Balaban J connectivity index is 2.71. The van der Waals surface area contributed by atoms with Crippen LogP contribution >= 0.6 is 0 Å². The van der Waals surface area contributed by atoms with Gasteiger partial charge in [-0.2, -0.15) is 26.3 Å². The fourth-order valence-corrected chi connectivity index (χ4v) is 2.50. The average Bonchev–Trinajstić information content (AvgIpc) is 2.50. The van der Waals surface area contributed by atoms with Crippen molar-refractivity contribution in [3.8, 4) is 0 Å². The maximum absolute atomic E-state index is 14.1. The Morgan fingerprint density at radius 3 is 1.89 bits per heavy atom. The number of alkyl halides is 11. The molecule has 14 heteroatoms. The second kappa shape index (κ2) is 8.46. The lowest BCUT2D eigenvalue weighted by Gasteiger charge is -2.42. The number of morpholine rings is 1. The minimum Gasteiger partial charge on any atom is -0.369 e. The lowest BCUT2D eigenvalue weighted by Crippen LogP contribution is -2.59. The molecular formula is C14H18F11NO2. The molecule has 0 aromatic rings. The SMILES string of the molecule is CC1CN(C(C)C(F)(F)COCC(F)(F)C(F)C(F)(F)F)CC(C(F)(F)F)O1. The number of ether oxygens (including phenoxy) is 2. The van der Waals surface area contributed by atoms with Crippen molar-refractivity contribution in [3.05, 3.63) is 0 Å². The van der Waals surface area contributed by atoms with Crippen molar-refractivity contribution in [2.24, 2.45) is 0 Å². The predicted molar refractivity (Wildman–Crippen MR) is 73.1 cm³/mol. The van der Waals surface area contributed by atoms with Crippen LogP contribution in [-0.4, -0.2) is 79.8 Å². The number of hydrogen-bond acceptors (Lipinski definition) is 3. The zero-order valence-electron chi connectivity index (χ0n) is 14.6. The molecule has 0 bridgehead atoms. The summed E-state index contributed by atoms with van der Waals surface area (Å²) in [6, 6.07) is -1.94. The van der Waals surface area contributed by atoms with Crippen LogP contribution in [0.15, 0.2) is 0 Å². The molecule has 1 aliphatic heterocycles. The van der Waals surface area contributed by atoms with Crippen molar-refractivity contribution >= 4 is 0 Å². The van der Waals surface area contributed by atoms with E-state index >= 15 is 0 Å². The highest BCUT2D eigenvalue weighted by Gasteiger charge is 2.57. The molecule has 28 heavy (non-hydrogen) atoms. The molecular weight excluding hydrogens is 423 g/mol. The number of rotatable bonds is 7. The molecule has 1 rings (SSSR count). The summed E-state index contributed by atoms with van der Waals surface area (Å²) in [5.74, 6) is -9.11. The third kappa shape index (κ3) is 6.58. The molecule has 0 saturated carbocycles. The summed E-state index contributed by atoms with van der Waals surface area (Å²) < 4.78 is 150. The molecule has 1 saturated heterocycles. The van der Waals surface area contributed by atoms with Crippen LogP contribution in [0.25, 0.3) is 0 Å². The van der Waals surface area contributed by atoms with Gasteiger partial charge >= 0.3 is 18.3 Å². The van der Waals surface area contributed by atoms with Crippen LogP contribution in [-0.2, 0) is 9.47 Å². The van der Waals surface area contributed by atoms with Crippen LogP contribution in [0, 0.1) is 0 Å². The molecule has 0 N–H and O–H groups in total. The van der Waals surface area contributed by atoms with E-state index in [1.54, 1.807) is 0 Å². The Labute approximate surface area is 152 Å². The fourth-order valence-electron chi connectivity index (χ4n) is 2.50. The molecule has 168 valence electrons. The molecule has 0 radical (unpaired) electrons. The molecule has 0 aromatic carbocycles. The van der Waals surface area contributed by atoms with Crippen molar-refractivity contribution in [1.29, 1.82) is 0 Å². The first kappa shape index (κ1) is 25.1. The molecule has 1 aliphatic rings. The lowest BCUT2D eigenvalue weighted by molar-refractivity contribution is -0.267. The van der Waals surface area contributed by atoms with E-state index in [4.69, 9.17) is 0 Å². The van der Waals surface area contributed by atoms with Gasteiger partial charge in [-0.25, -0.2) is 22.0 Å². The van der Waals surface area contributed by atoms with Crippen molar-refractivity contribution in [2.45, 2.75) is 62.5 Å². The third-order valence-electron chi connectivity index (χ3n) is 4.06. The van der Waals surface area contributed by atoms with Gasteiger partial charge < -0.3 is 9.47 Å². The second-order valence-corrected chi connectivity index (χ2v) is 6.53. The van der Waals surface area contributed by atoms with Gasteiger partial charge in [0.25, 0.3) is 12.1 Å². The maximum Gasteiger partial charge on any atom is 0.425 e. The molecule has 1 heterocycles. The van der Waals surface area contributed by atoms with Crippen molar-refractivity contribution in [2.75, 3.05) is 26.3 Å². The molecule has 0 aromatic heterocycles. The summed E-state index contributed by atoms with van der Waals surface area (Å²) >= 11 is 0.